The van der Waals surface area contributed by atoms with Gasteiger partial charge in [0.25, 0.3) is 6.08 Å². The molecule has 0 N–H and O–H groups in total. The smallest absolute Gasteiger partial charge is 0.173 e. The number of rotatable bonds is 1. The molecule has 0 aliphatic carbocycles. The van der Waals surface area contributed by atoms with Crippen LogP contribution in [-0.4, -0.2) is 6.18 Å². The summed E-state index contributed by atoms with van der Waals surface area (Å²) in [7, 11) is 0. The van der Waals surface area contributed by atoms with Crippen molar-refractivity contribution in [3.63, 3.8) is 0 Å². The molecule has 0 aliphatic heterocycles. The van der Waals surface area contributed by atoms with E-state index in [1.165, 1.54) is 19.1 Å². The Morgan fingerprint density at radius 2 is 1.73 bits per heavy atom. The summed E-state index contributed by atoms with van der Waals surface area (Å²) in [6.07, 6.45) is -7.75. The van der Waals surface area contributed by atoms with E-state index in [9.17, 15) is 22.0 Å². The number of allylic oxidation sites excluding steroid dienone is 1. The fraction of sp³-hybridized carbons (Fsp3) is 0.200. The van der Waals surface area contributed by atoms with E-state index in [2.05, 4.69) is 0 Å². The van der Waals surface area contributed by atoms with Gasteiger partial charge >= 0.3 is 6.18 Å². The summed E-state index contributed by atoms with van der Waals surface area (Å²) in [4.78, 5) is 0. The zero-order chi connectivity index (χ0) is 11.6. The van der Waals surface area contributed by atoms with Crippen molar-refractivity contribution < 1.29 is 22.0 Å². The number of aryl methyl sites for hydroxylation is 1. The molecule has 0 atom stereocenters. The predicted octanol–water partition coefficient (Wildman–Crippen LogP) is 4.16. The van der Waals surface area contributed by atoms with Crippen LogP contribution in [-0.2, 0) is 0 Å². The van der Waals surface area contributed by atoms with Crippen LogP contribution in [0.1, 0.15) is 11.1 Å². The van der Waals surface area contributed by atoms with E-state index in [0.29, 0.717) is 5.56 Å². The zero-order valence-electron chi connectivity index (χ0n) is 7.70. The van der Waals surface area contributed by atoms with Crippen molar-refractivity contribution in [3.05, 3.63) is 41.5 Å². The van der Waals surface area contributed by atoms with Crippen LogP contribution in [0, 0.1) is 6.92 Å². The Kier molecular flexibility index (Phi) is 3.12. The van der Waals surface area contributed by atoms with E-state index in [1.54, 1.807) is 0 Å². The minimum atomic E-state index is -5.04. The van der Waals surface area contributed by atoms with Crippen molar-refractivity contribution >= 4 is 5.57 Å². The fourth-order valence-electron chi connectivity index (χ4n) is 1.18. The van der Waals surface area contributed by atoms with Crippen molar-refractivity contribution in [3.8, 4) is 0 Å². The van der Waals surface area contributed by atoms with Gasteiger partial charge in [0.15, 0.2) is 0 Å². The van der Waals surface area contributed by atoms with Crippen LogP contribution in [0.2, 0.25) is 0 Å². The molecule has 1 rings (SSSR count). The number of halogens is 5. The van der Waals surface area contributed by atoms with E-state index >= 15 is 0 Å². The van der Waals surface area contributed by atoms with Crippen molar-refractivity contribution in [1.82, 2.24) is 0 Å². The number of alkyl halides is 3. The Bertz CT molecular complexity index is 385. The van der Waals surface area contributed by atoms with Crippen LogP contribution in [0.3, 0.4) is 0 Å². The predicted molar refractivity (Wildman–Crippen MR) is 46.4 cm³/mol. The standard InChI is InChI=1S/C10H7F5/c1-6-3-2-4-7(5-6)8(9(11)12)10(13,14)15/h2-5H,1H3. The normalized spacial score (nSPS) is 11.3. The van der Waals surface area contributed by atoms with E-state index in [1.807, 2.05) is 0 Å². The first-order chi connectivity index (χ1) is 6.82. The number of hydrogen-bond donors (Lipinski definition) is 0. The van der Waals surface area contributed by atoms with Gasteiger partial charge in [-0.2, -0.15) is 22.0 Å². The Morgan fingerprint density at radius 1 is 1.13 bits per heavy atom. The summed E-state index contributed by atoms with van der Waals surface area (Å²) in [5.41, 5.74) is -1.88. The molecule has 0 fully saturated rings. The van der Waals surface area contributed by atoms with Crippen LogP contribution in [0.25, 0.3) is 5.57 Å². The highest BCUT2D eigenvalue weighted by Gasteiger charge is 2.38. The van der Waals surface area contributed by atoms with Crippen LogP contribution >= 0.6 is 0 Å². The topological polar surface area (TPSA) is 0 Å². The third-order valence-corrected chi connectivity index (χ3v) is 1.78. The zero-order valence-corrected chi connectivity index (χ0v) is 7.70. The molecule has 0 nitrogen and oxygen atoms in total. The fourth-order valence-corrected chi connectivity index (χ4v) is 1.18. The Hall–Kier alpha value is -1.39. The monoisotopic (exact) mass is 222 g/mol. The molecule has 0 saturated carbocycles. The molecule has 0 aliphatic rings. The van der Waals surface area contributed by atoms with Gasteiger partial charge in [-0.3, -0.25) is 0 Å². The van der Waals surface area contributed by atoms with Crippen LogP contribution < -0.4 is 0 Å². The van der Waals surface area contributed by atoms with Crippen molar-refractivity contribution in [2.24, 2.45) is 0 Å². The molecule has 82 valence electrons. The summed E-state index contributed by atoms with van der Waals surface area (Å²) in [5.74, 6) is 0. The van der Waals surface area contributed by atoms with Gasteiger partial charge in [-0.25, -0.2) is 0 Å². The number of benzene rings is 1. The van der Waals surface area contributed by atoms with Gasteiger partial charge < -0.3 is 0 Å². The van der Waals surface area contributed by atoms with Gasteiger partial charge in [0, 0.05) is 0 Å². The third-order valence-electron chi connectivity index (χ3n) is 1.78. The number of hydrogen-bond acceptors (Lipinski definition) is 0. The molecule has 0 saturated heterocycles. The van der Waals surface area contributed by atoms with E-state index in [0.717, 1.165) is 12.1 Å². The lowest BCUT2D eigenvalue weighted by Gasteiger charge is -2.10. The highest BCUT2D eigenvalue weighted by molar-refractivity contribution is 5.70. The molecule has 15 heavy (non-hydrogen) atoms. The first-order valence-corrected chi connectivity index (χ1v) is 4.02. The quantitative estimate of drug-likeness (QED) is 0.625. The summed E-state index contributed by atoms with van der Waals surface area (Å²) >= 11 is 0. The molecule has 1 aromatic rings. The van der Waals surface area contributed by atoms with Gasteiger partial charge in [0.1, 0.15) is 5.57 Å². The minimum absolute atomic E-state index is 0.496. The van der Waals surface area contributed by atoms with Gasteiger partial charge in [-0.05, 0) is 12.5 Å². The minimum Gasteiger partial charge on any atom is -0.173 e. The molecule has 0 spiro atoms. The van der Waals surface area contributed by atoms with Gasteiger partial charge in [0.05, 0.1) is 0 Å². The highest BCUT2D eigenvalue weighted by atomic mass is 19.4. The summed E-state index contributed by atoms with van der Waals surface area (Å²) in [6.45, 7) is 1.54. The molecular weight excluding hydrogens is 215 g/mol. The SMILES string of the molecule is Cc1cccc(C(=C(F)F)C(F)(F)F)c1. The van der Waals surface area contributed by atoms with Crippen LogP contribution in [0.4, 0.5) is 22.0 Å². The Labute approximate surface area is 83.0 Å². The second-order valence-corrected chi connectivity index (χ2v) is 3.00. The lowest BCUT2D eigenvalue weighted by molar-refractivity contribution is -0.0711. The van der Waals surface area contributed by atoms with E-state index in [4.69, 9.17) is 0 Å². The van der Waals surface area contributed by atoms with Crippen LogP contribution in [0.15, 0.2) is 30.3 Å². The van der Waals surface area contributed by atoms with Gasteiger partial charge in [-0.15, -0.1) is 0 Å². The van der Waals surface area contributed by atoms with Gasteiger partial charge in [0.2, 0.25) is 0 Å². The molecule has 0 aromatic heterocycles. The van der Waals surface area contributed by atoms with E-state index < -0.39 is 23.4 Å². The second-order valence-electron chi connectivity index (χ2n) is 3.00. The maximum Gasteiger partial charge on any atom is 0.422 e. The van der Waals surface area contributed by atoms with Crippen molar-refractivity contribution in [1.29, 1.82) is 0 Å². The summed E-state index contributed by atoms with van der Waals surface area (Å²) < 4.78 is 61.1. The maximum absolute atomic E-state index is 12.3. The second kappa shape index (κ2) is 4.00. The molecule has 0 radical (unpaired) electrons. The largest absolute Gasteiger partial charge is 0.422 e. The lowest BCUT2D eigenvalue weighted by atomic mass is 10.0. The van der Waals surface area contributed by atoms with Crippen LogP contribution in [0.5, 0.6) is 0 Å². The molecule has 0 unspecified atom stereocenters. The maximum atomic E-state index is 12.3. The molecule has 0 heterocycles. The van der Waals surface area contributed by atoms with Crippen molar-refractivity contribution in [2.45, 2.75) is 13.1 Å². The van der Waals surface area contributed by atoms with Gasteiger partial charge in [-0.1, -0.05) is 29.8 Å². The Morgan fingerprint density at radius 3 is 2.13 bits per heavy atom. The van der Waals surface area contributed by atoms with Crippen molar-refractivity contribution in [2.75, 3.05) is 0 Å². The first-order valence-electron chi connectivity index (χ1n) is 4.02. The Balaban J connectivity index is 3.31. The molecule has 0 amide bonds. The average molecular weight is 222 g/mol. The summed E-state index contributed by atoms with van der Waals surface area (Å²) in [6, 6.07) is 4.92. The first kappa shape index (κ1) is 11.7. The average Bonchev–Trinajstić information content (AvgIpc) is 1.99. The summed E-state index contributed by atoms with van der Waals surface area (Å²) in [5, 5.41) is 0. The molecular formula is C10H7F5. The highest BCUT2D eigenvalue weighted by Crippen LogP contribution is 2.37. The lowest BCUT2D eigenvalue weighted by Crippen LogP contribution is -2.11. The van der Waals surface area contributed by atoms with E-state index in [-0.39, 0.29) is 0 Å². The molecule has 0 bridgehead atoms. The molecule has 1 aromatic carbocycles. The molecule has 5 heteroatoms. The third kappa shape index (κ3) is 2.78.